The second-order valence-electron chi connectivity index (χ2n) is 7.98. The first-order chi connectivity index (χ1) is 11.1. The maximum Gasteiger partial charge on any atom is 0.495 e. The molecule has 1 aliphatic rings. The van der Waals surface area contributed by atoms with Crippen molar-refractivity contribution in [2.24, 2.45) is 5.92 Å². The average Bonchev–Trinajstić information content (AvgIpc) is 2.71. The second-order valence-corrected chi connectivity index (χ2v) is 7.98. The Morgan fingerprint density at radius 2 is 1.71 bits per heavy atom. The van der Waals surface area contributed by atoms with Crippen LogP contribution in [0.15, 0.2) is 24.3 Å². The summed E-state index contributed by atoms with van der Waals surface area (Å²) in [5.74, 6) is 0.554. The van der Waals surface area contributed by atoms with E-state index in [0.717, 1.165) is 17.6 Å². The van der Waals surface area contributed by atoms with E-state index in [1.165, 1.54) is 0 Å². The molecule has 0 spiro atoms. The number of hydrogen-bond donors (Lipinski definition) is 1. The molecule has 1 fully saturated rings. The molecule has 0 radical (unpaired) electrons. The van der Waals surface area contributed by atoms with Crippen LogP contribution >= 0.6 is 0 Å². The first kappa shape index (κ1) is 19.0. The number of nitrogens with one attached hydrogen (secondary N) is 1. The van der Waals surface area contributed by atoms with Gasteiger partial charge in [-0.25, -0.2) is 0 Å². The number of carbonyl (C=O) groups is 1. The lowest BCUT2D eigenvalue weighted by Gasteiger charge is -2.32. The van der Waals surface area contributed by atoms with Gasteiger partial charge in [-0.15, -0.1) is 0 Å². The first-order valence-electron chi connectivity index (χ1n) is 8.82. The highest BCUT2D eigenvalue weighted by molar-refractivity contribution is 6.62. The molecule has 0 atom stereocenters. The van der Waals surface area contributed by atoms with Crippen molar-refractivity contribution in [2.45, 2.75) is 65.6 Å². The van der Waals surface area contributed by atoms with Crippen molar-refractivity contribution < 1.29 is 14.1 Å². The number of rotatable bonds is 6. The maximum absolute atomic E-state index is 12.0. The van der Waals surface area contributed by atoms with Crippen molar-refractivity contribution in [1.82, 2.24) is 5.32 Å². The molecule has 1 aromatic rings. The van der Waals surface area contributed by atoms with E-state index >= 15 is 0 Å². The lowest BCUT2D eigenvalue weighted by Crippen LogP contribution is -2.41. The van der Waals surface area contributed by atoms with Gasteiger partial charge in [-0.05, 0) is 51.1 Å². The normalized spacial score (nSPS) is 18.9. The summed E-state index contributed by atoms with van der Waals surface area (Å²) in [6, 6.07) is 8.07. The van der Waals surface area contributed by atoms with Crippen LogP contribution in [-0.4, -0.2) is 30.8 Å². The zero-order valence-electron chi connectivity index (χ0n) is 15.8. The first-order valence-corrected chi connectivity index (χ1v) is 8.82. The molecule has 0 unspecified atom stereocenters. The number of aryl methyl sites for hydroxylation is 1. The van der Waals surface area contributed by atoms with Crippen LogP contribution in [0.2, 0.25) is 0 Å². The standard InChI is InChI=1S/C19H30BNO3/c1-14(2)13-21-17(22)12-11-15-9-7-8-10-16(15)20-23-18(3,4)19(5,6)24-20/h7-10,14H,11-13H2,1-6H3,(H,21,22). The van der Waals surface area contributed by atoms with E-state index in [9.17, 15) is 4.79 Å². The predicted molar refractivity (Wildman–Crippen MR) is 98.3 cm³/mol. The molecule has 0 saturated carbocycles. The van der Waals surface area contributed by atoms with Crippen molar-refractivity contribution in [1.29, 1.82) is 0 Å². The lowest BCUT2D eigenvalue weighted by atomic mass is 9.75. The Morgan fingerprint density at radius 1 is 1.12 bits per heavy atom. The number of benzene rings is 1. The van der Waals surface area contributed by atoms with Gasteiger partial charge in [0, 0.05) is 13.0 Å². The minimum absolute atomic E-state index is 0.0902. The Bertz CT molecular complexity index is 568. The third kappa shape index (κ3) is 4.39. The highest BCUT2D eigenvalue weighted by atomic mass is 16.7. The van der Waals surface area contributed by atoms with Crippen LogP contribution in [0.1, 0.15) is 53.5 Å². The van der Waals surface area contributed by atoms with Gasteiger partial charge >= 0.3 is 7.12 Å². The minimum atomic E-state index is -0.384. The fraction of sp³-hybridized carbons (Fsp3) is 0.632. The highest BCUT2D eigenvalue weighted by Crippen LogP contribution is 2.36. The SMILES string of the molecule is CC(C)CNC(=O)CCc1ccccc1B1OC(C)(C)C(C)(C)O1. The van der Waals surface area contributed by atoms with E-state index in [-0.39, 0.29) is 24.2 Å². The van der Waals surface area contributed by atoms with Crippen LogP contribution in [0.4, 0.5) is 0 Å². The summed E-state index contributed by atoms with van der Waals surface area (Å²) in [6.07, 6.45) is 1.16. The molecule has 1 heterocycles. The van der Waals surface area contributed by atoms with Gasteiger partial charge in [0.15, 0.2) is 0 Å². The van der Waals surface area contributed by atoms with Crippen LogP contribution in [0.25, 0.3) is 0 Å². The Kier molecular flexibility index (Phi) is 5.76. The molecule has 24 heavy (non-hydrogen) atoms. The predicted octanol–water partition coefficient (Wildman–Crippen LogP) is 2.69. The largest absolute Gasteiger partial charge is 0.495 e. The average molecular weight is 331 g/mol. The Labute approximate surface area is 146 Å². The van der Waals surface area contributed by atoms with Crippen molar-refractivity contribution in [3.8, 4) is 0 Å². The van der Waals surface area contributed by atoms with Crippen LogP contribution in [0.3, 0.4) is 0 Å². The van der Waals surface area contributed by atoms with Crippen molar-refractivity contribution in [2.75, 3.05) is 6.54 Å². The van der Waals surface area contributed by atoms with Gasteiger partial charge in [0.25, 0.3) is 0 Å². The Hall–Kier alpha value is -1.33. The van der Waals surface area contributed by atoms with Crippen LogP contribution in [0.5, 0.6) is 0 Å². The van der Waals surface area contributed by atoms with E-state index in [4.69, 9.17) is 9.31 Å². The minimum Gasteiger partial charge on any atom is -0.399 e. The zero-order chi connectivity index (χ0) is 18.0. The van der Waals surface area contributed by atoms with Crippen molar-refractivity contribution >= 4 is 18.5 Å². The number of hydrogen-bond acceptors (Lipinski definition) is 3. The Morgan fingerprint density at radius 3 is 2.29 bits per heavy atom. The molecule has 1 saturated heterocycles. The smallest absolute Gasteiger partial charge is 0.399 e. The summed E-state index contributed by atoms with van der Waals surface area (Å²) in [5.41, 5.74) is 1.40. The summed E-state index contributed by atoms with van der Waals surface area (Å²) >= 11 is 0. The van der Waals surface area contributed by atoms with E-state index in [0.29, 0.717) is 18.8 Å². The van der Waals surface area contributed by atoms with Crippen LogP contribution in [-0.2, 0) is 20.5 Å². The molecule has 1 N–H and O–H groups in total. The molecular weight excluding hydrogens is 301 g/mol. The molecule has 4 nitrogen and oxygen atoms in total. The van der Waals surface area contributed by atoms with Crippen LogP contribution in [0, 0.1) is 5.92 Å². The van der Waals surface area contributed by atoms with Gasteiger partial charge in [0.05, 0.1) is 11.2 Å². The summed E-state index contributed by atoms with van der Waals surface area (Å²) in [7, 11) is -0.384. The van der Waals surface area contributed by atoms with Gasteiger partial charge < -0.3 is 14.6 Å². The molecular formula is C19H30BNO3. The zero-order valence-corrected chi connectivity index (χ0v) is 15.8. The monoisotopic (exact) mass is 331 g/mol. The highest BCUT2D eigenvalue weighted by Gasteiger charge is 2.52. The molecule has 0 bridgehead atoms. The van der Waals surface area contributed by atoms with E-state index in [1.807, 2.05) is 18.2 Å². The molecule has 132 valence electrons. The molecule has 1 amide bonds. The summed E-state index contributed by atoms with van der Waals surface area (Å²) in [5, 5.41) is 2.97. The molecule has 0 aromatic heterocycles. The van der Waals surface area contributed by atoms with Gasteiger partial charge in [-0.1, -0.05) is 38.1 Å². The molecule has 2 rings (SSSR count). The van der Waals surface area contributed by atoms with Crippen LogP contribution < -0.4 is 10.8 Å². The number of carbonyl (C=O) groups excluding carboxylic acids is 1. The molecule has 0 aliphatic carbocycles. The second kappa shape index (κ2) is 7.28. The summed E-state index contributed by atoms with van der Waals surface area (Å²) < 4.78 is 12.3. The van der Waals surface area contributed by atoms with E-state index in [1.54, 1.807) is 0 Å². The topological polar surface area (TPSA) is 47.6 Å². The summed E-state index contributed by atoms with van der Waals surface area (Å²) in [6.45, 7) is 13.1. The van der Waals surface area contributed by atoms with Gasteiger partial charge in [0.1, 0.15) is 0 Å². The van der Waals surface area contributed by atoms with Crippen molar-refractivity contribution in [3.05, 3.63) is 29.8 Å². The molecule has 1 aliphatic heterocycles. The van der Waals surface area contributed by atoms with Gasteiger partial charge in [-0.2, -0.15) is 0 Å². The number of amides is 1. The van der Waals surface area contributed by atoms with Gasteiger partial charge in [-0.3, -0.25) is 4.79 Å². The van der Waals surface area contributed by atoms with E-state index in [2.05, 4.69) is 52.9 Å². The molecule has 1 aromatic carbocycles. The fourth-order valence-corrected chi connectivity index (χ4v) is 2.62. The maximum atomic E-state index is 12.0. The Balaban J connectivity index is 2.05. The fourth-order valence-electron chi connectivity index (χ4n) is 2.62. The molecule has 5 heteroatoms. The third-order valence-corrected chi connectivity index (χ3v) is 4.89. The quantitative estimate of drug-likeness (QED) is 0.816. The van der Waals surface area contributed by atoms with Crippen molar-refractivity contribution in [3.63, 3.8) is 0 Å². The van der Waals surface area contributed by atoms with Gasteiger partial charge in [0.2, 0.25) is 5.91 Å². The van der Waals surface area contributed by atoms with E-state index < -0.39 is 0 Å². The summed E-state index contributed by atoms with van der Waals surface area (Å²) in [4.78, 5) is 12.0. The third-order valence-electron chi connectivity index (χ3n) is 4.89. The lowest BCUT2D eigenvalue weighted by molar-refractivity contribution is -0.121.